The number of rotatable bonds is 8. The first-order valence-electron chi connectivity index (χ1n) is 18.2. The first-order valence-corrected chi connectivity index (χ1v) is 18.2. The number of hydrogen-bond acceptors (Lipinski definition) is 3. The average molecular weight is 690 g/mol. The van der Waals surface area contributed by atoms with E-state index in [1.54, 1.807) is 0 Å². The zero-order valence-electron chi connectivity index (χ0n) is 29.5. The van der Waals surface area contributed by atoms with Crippen molar-refractivity contribution in [2.24, 2.45) is 0 Å². The molecule has 0 radical (unpaired) electrons. The Labute approximate surface area is 316 Å². The maximum atomic E-state index is 5.08. The molecular formula is C51H35N3. The van der Waals surface area contributed by atoms with Crippen molar-refractivity contribution in [1.29, 1.82) is 0 Å². The molecule has 9 aromatic rings. The molecule has 0 aliphatic rings. The van der Waals surface area contributed by atoms with Crippen molar-refractivity contribution < 1.29 is 0 Å². The predicted molar refractivity (Wildman–Crippen MR) is 223 cm³/mol. The van der Waals surface area contributed by atoms with Gasteiger partial charge in [0.25, 0.3) is 0 Å². The molecule has 0 unspecified atom stereocenters. The third kappa shape index (κ3) is 6.99. The molecule has 3 heteroatoms. The van der Waals surface area contributed by atoms with Crippen molar-refractivity contribution in [1.82, 2.24) is 15.0 Å². The average Bonchev–Trinajstić information content (AvgIpc) is 3.27. The second kappa shape index (κ2) is 14.8. The Morgan fingerprint density at radius 1 is 0.167 bits per heavy atom. The lowest BCUT2D eigenvalue weighted by Gasteiger charge is -2.11. The van der Waals surface area contributed by atoms with E-state index in [0.29, 0.717) is 17.5 Å². The molecule has 8 aromatic carbocycles. The topological polar surface area (TPSA) is 38.7 Å². The Bertz CT molecular complexity index is 2590. The third-order valence-electron chi connectivity index (χ3n) is 9.73. The fraction of sp³-hybridized carbons (Fsp3) is 0. The molecule has 0 spiro atoms. The standard InChI is InChI=1S/C51H35N3/c1-4-14-36(15-5-1)41-20-10-24-45(32-41)46-25-11-21-42(33-46)39-28-30-40(31-29-39)49-52-50(47-26-12-22-43(34-47)37-16-6-2-7-17-37)54-51(53-49)48-27-13-23-44(35-48)38-18-8-3-9-19-38/h1-35H. The van der Waals surface area contributed by atoms with Gasteiger partial charge in [0, 0.05) is 16.7 Å². The summed E-state index contributed by atoms with van der Waals surface area (Å²) in [5, 5.41) is 0. The lowest BCUT2D eigenvalue weighted by molar-refractivity contribution is 1.07. The molecule has 0 atom stereocenters. The van der Waals surface area contributed by atoms with Crippen LogP contribution < -0.4 is 0 Å². The maximum absolute atomic E-state index is 5.08. The number of hydrogen-bond donors (Lipinski definition) is 0. The summed E-state index contributed by atoms with van der Waals surface area (Å²) in [6, 6.07) is 74.2. The minimum atomic E-state index is 0.628. The van der Waals surface area contributed by atoms with Crippen LogP contribution in [-0.2, 0) is 0 Å². The lowest BCUT2D eigenvalue weighted by Crippen LogP contribution is -2.00. The number of nitrogens with zero attached hydrogens (tertiary/aromatic N) is 3. The minimum Gasteiger partial charge on any atom is -0.208 e. The van der Waals surface area contributed by atoms with Gasteiger partial charge < -0.3 is 0 Å². The SMILES string of the molecule is c1ccc(-c2cccc(-c3cccc(-c4ccc(-c5nc(-c6cccc(-c7ccccc7)c6)nc(-c6cccc(-c7ccccc7)c6)n5)cc4)c3)c2)cc1. The van der Waals surface area contributed by atoms with Crippen LogP contribution in [0.5, 0.6) is 0 Å². The van der Waals surface area contributed by atoms with Crippen molar-refractivity contribution in [2.45, 2.75) is 0 Å². The van der Waals surface area contributed by atoms with E-state index < -0.39 is 0 Å². The molecule has 9 rings (SSSR count). The van der Waals surface area contributed by atoms with Gasteiger partial charge in [-0.25, -0.2) is 15.0 Å². The Morgan fingerprint density at radius 3 is 0.741 bits per heavy atom. The molecular weight excluding hydrogens is 655 g/mol. The van der Waals surface area contributed by atoms with Crippen LogP contribution >= 0.6 is 0 Å². The fourth-order valence-electron chi connectivity index (χ4n) is 6.90. The smallest absolute Gasteiger partial charge is 0.164 e. The van der Waals surface area contributed by atoms with Crippen molar-refractivity contribution in [2.75, 3.05) is 0 Å². The van der Waals surface area contributed by atoms with E-state index in [9.17, 15) is 0 Å². The Hall–Kier alpha value is -7.23. The van der Waals surface area contributed by atoms with Crippen LogP contribution in [0.25, 0.3) is 89.8 Å². The van der Waals surface area contributed by atoms with Crippen molar-refractivity contribution in [3.8, 4) is 89.8 Å². The van der Waals surface area contributed by atoms with Gasteiger partial charge in [0.1, 0.15) is 0 Å². The molecule has 0 bridgehead atoms. The first kappa shape index (κ1) is 32.7. The first-order chi connectivity index (χ1) is 26.7. The van der Waals surface area contributed by atoms with Crippen LogP contribution in [0.15, 0.2) is 212 Å². The molecule has 1 aromatic heterocycles. The Balaban J connectivity index is 1.09. The van der Waals surface area contributed by atoms with Gasteiger partial charge >= 0.3 is 0 Å². The van der Waals surface area contributed by atoms with Crippen LogP contribution in [-0.4, -0.2) is 15.0 Å². The Kier molecular flexibility index (Phi) is 8.94. The van der Waals surface area contributed by atoms with Crippen molar-refractivity contribution >= 4 is 0 Å². The summed E-state index contributed by atoms with van der Waals surface area (Å²) in [4.78, 5) is 15.2. The van der Waals surface area contributed by atoms with Crippen LogP contribution in [0.1, 0.15) is 0 Å². The highest BCUT2D eigenvalue weighted by molar-refractivity contribution is 5.79. The monoisotopic (exact) mass is 689 g/mol. The van der Waals surface area contributed by atoms with Crippen LogP contribution in [0.3, 0.4) is 0 Å². The quantitative estimate of drug-likeness (QED) is 0.159. The molecule has 0 N–H and O–H groups in total. The van der Waals surface area contributed by atoms with Gasteiger partial charge in [-0.1, -0.05) is 188 Å². The molecule has 0 fully saturated rings. The van der Waals surface area contributed by atoms with Crippen LogP contribution in [0.4, 0.5) is 0 Å². The second-order valence-corrected chi connectivity index (χ2v) is 13.3. The highest BCUT2D eigenvalue weighted by Gasteiger charge is 2.14. The number of benzene rings is 8. The fourth-order valence-corrected chi connectivity index (χ4v) is 6.90. The van der Waals surface area contributed by atoms with E-state index in [1.165, 1.54) is 22.3 Å². The summed E-state index contributed by atoms with van der Waals surface area (Å²) < 4.78 is 0. The number of aromatic nitrogens is 3. The minimum absolute atomic E-state index is 0.628. The normalized spacial score (nSPS) is 11.0. The summed E-state index contributed by atoms with van der Waals surface area (Å²) in [6.07, 6.45) is 0. The van der Waals surface area contributed by atoms with E-state index in [0.717, 1.165) is 50.1 Å². The van der Waals surface area contributed by atoms with Crippen molar-refractivity contribution in [3.05, 3.63) is 212 Å². The van der Waals surface area contributed by atoms with E-state index in [-0.39, 0.29) is 0 Å². The van der Waals surface area contributed by atoms with Crippen LogP contribution in [0, 0.1) is 0 Å². The Morgan fingerprint density at radius 2 is 0.389 bits per heavy atom. The van der Waals surface area contributed by atoms with Gasteiger partial charge in [-0.05, 0) is 79.9 Å². The molecule has 0 aliphatic heterocycles. The van der Waals surface area contributed by atoms with Gasteiger partial charge in [0.2, 0.25) is 0 Å². The van der Waals surface area contributed by atoms with E-state index >= 15 is 0 Å². The zero-order valence-corrected chi connectivity index (χ0v) is 29.5. The molecule has 0 amide bonds. The van der Waals surface area contributed by atoms with Crippen LogP contribution in [0.2, 0.25) is 0 Å². The van der Waals surface area contributed by atoms with Gasteiger partial charge in [-0.2, -0.15) is 0 Å². The van der Waals surface area contributed by atoms with Gasteiger partial charge in [-0.3, -0.25) is 0 Å². The van der Waals surface area contributed by atoms with Gasteiger partial charge in [0.15, 0.2) is 17.5 Å². The molecule has 54 heavy (non-hydrogen) atoms. The maximum Gasteiger partial charge on any atom is 0.164 e. The molecule has 1 heterocycles. The molecule has 0 saturated heterocycles. The van der Waals surface area contributed by atoms with Gasteiger partial charge in [0.05, 0.1) is 0 Å². The van der Waals surface area contributed by atoms with Crippen molar-refractivity contribution in [3.63, 3.8) is 0 Å². The molecule has 0 saturated carbocycles. The molecule has 254 valence electrons. The lowest BCUT2D eigenvalue weighted by atomic mass is 9.96. The summed E-state index contributed by atoms with van der Waals surface area (Å²) in [6.45, 7) is 0. The predicted octanol–water partition coefficient (Wildman–Crippen LogP) is 13.2. The summed E-state index contributed by atoms with van der Waals surface area (Å²) in [5.74, 6) is 1.89. The highest BCUT2D eigenvalue weighted by Crippen LogP contribution is 2.33. The van der Waals surface area contributed by atoms with Gasteiger partial charge in [-0.15, -0.1) is 0 Å². The zero-order chi connectivity index (χ0) is 36.1. The summed E-state index contributed by atoms with van der Waals surface area (Å²) in [5.41, 5.74) is 14.4. The van der Waals surface area contributed by atoms with E-state index in [4.69, 9.17) is 15.0 Å². The molecule has 3 nitrogen and oxygen atoms in total. The second-order valence-electron chi connectivity index (χ2n) is 13.3. The summed E-state index contributed by atoms with van der Waals surface area (Å²) in [7, 11) is 0. The third-order valence-corrected chi connectivity index (χ3v) is 9.73. The largest absolute Gasteiger partial charge is 0.208 e. The summed E-state index contributed by atoms with van der Waals surface area (Å²) >= 11 is 0. The molecule has 0 aliphatic carbocycles. The van der Waals surface area contributed by atoms with E-state index in [1.807, 2.05) is 12.1 Å². The highest BCUT2D eigenvalue weighted by atomic mass is 15.0. The van der Waals surface area contributed by atoms with E-state index in [2.05, 4.69) is 200 Å².